The van der Waals surface area contributed by atoms with Crippen LogP contribution in [0.3, 0.4) is 0 Å². The zero-order chi connectivity index (χ0) is 30.2. The van der Waals surface area contributed by atoms with E-state index in [4.69, 9.17) is 25.7 Å². The molecular weight excluding hydrogens is 534 g/mol. The van der Waals surface area contributed by atoms with Crippen molar-refractivity contribution in [2.24, 2.45) is 0 Å². The Kier molecular flexibility index (Phi) is 10.0. The number of rotatable bonds is 11. The molecule has 7 N–H and O–H groups in total. The third kappa shape index (κ3) is 8.78. The van der Waals surface area contributed by atoms with Gasteiger partial charge in [0.15, 0.2) is 17.0 Å². The lowest BCUT2D eigenvalue weighted by Crippen LogP contribution is -2.42. The molecule has 3 aromatic rings. The summed E-state index contributed by atoms with van der Waals surface area (Å²) in [7, 11) is 2.70. The number of amides is 2. The molecule has 0 saturated heterocycles. The summed E-state index contributed by atoms with van der Waals surface area (Å²) in [6.45, 7) is 5.79. The fourth-order valence-electron chi connectivity index (χ4n) is 3.68. The molecule has 1 aromatic carbocycles. The SMILES string of the molecule is COC(=O)[C@H](CCCNC(=O)OC(C)(C)C)NC(=O)c1ccc(NCc2cnc3nc(N)nc(N)c3n2)c(OC)c1. The molecule has 3 rings (SSSR count). The van der Waals surface area contributed by atoms with Gasteiger partial charge in [-0.3, -0.25) is 4.79 Å². The van der Waals surface area contributed by atoms with Crippen LogP contribution in [0.1, 0.15) is 49.7 Å². The van der Waals surface area contributed by atoms with Gasteiger partial charge in [0.25, 0.3) is 5.91 Å². The Balaban J connectivity index is 1.62. The summed E-state index contributed by atoms with van der Waals surface area (Å²) in [5.74, 6) is -0.582. The molecule has 0 aliphatic carbocycles. The van der Waals surface area contributed by atoms with Gasteiger partial charge < -0.3 is 41.6 Å². The standard InChI is InChI=1S/C26H35N9O6/c1-26(2,3)41-25(38)29-10-6-7-17(23(37)40-5)33-22(36)14-8-9-16(18(11-14)39-4)30-12-15-13-31-21-19(32-15)20(27)34-24(28)35-21/h8-9,11,13,17,30H,6-7,10,12H2,1-5H3,(H,29,38)(H,33,36)(H4,27,28,31,34,35)/t17-/m0/s1. The topological polar surface area (TPSA) is 219 Å². The number of esters is 1. The van der Waals surface area contributed by atoms with Crippen LogP contribution in [0.5, 0.6) is 5.75 Å². The molecule has 0 aliphatic heterocycles. The Morgan fingerprint density at radius 3 is 2.51 bits per heavy atom. The van der Waals surface area contributed by atoms with E-state index >= 15 is 0 Å². The second-order valence-corrected chi connectivity index (χ2v) is 9.89. The number of carbonyl (C=O) groups is 3. The Hall–Kier alpha value is -4.95. The van der Waals surface area contributed by atoms with Crippen molar-refractivity contribution < 1.29 is 28.6 Å². The maximum absolute atomic E-state index is 13.0. The first-order valence-electron chi connectivity index (χ1n) is 12.7. The number of hydrogen-bond donors (Lipinski definition) is 5. The van der Waals surface area contributed by atoms with E-state index in [1.807, 2.05) is 0 Å². The van der Waals surface area contributed by atoms with Gasteiger partial charge in [-0.05, 0) is 51.8 Å². The number of carbonyl (C=O) groups excluding carboxylic acids is 3. The van der Waals surface area contributed by atoms with Crippen LogP contribution in [0.4, 0.5) is 22.2 Å². The highest BCUT2D eigenvalue weighted by Gasteiger charge is 2.23. The van der Waals surface area contributed by atoms with Crippen LogP contribution < -0.4 is 32.2 Å². The number of aromatic nitrogens is 4. The number of nitrogens with zero attached hydrogens (tertiary/aromatic N) is 4. The number of nitrogen functional groups attached to an aromatic ring is 2. The number of benzene rings is 1. The average Bonchev–Trinajstić information content (AvgIpc) is 2.91. The van der Waals surface area contributed by atoms with Gasteiger partial charge >= 0.3 is 12.1 Å². The first kappa shape index (κ1) is 30.6. The van der Waals surface area contributed by atoms with Gasteiger partial charge in [-0.2, -0.15) is 9.97 Å². The fraction of sp³-hybridized carbons (Fsp3) is 0.423. The third-order valence-electron chi connectivity index (χ3n) is 5.55. The van der Waals surface area contributed by atoms with Crippen LogP contribution >= 0.6 is 0 Å². The summed E-state index contributed by atoms with van der Waals surface area (Å²) in [6, 6.07) is 3.86. The lowest BCUT2D eigenvalue weighted by atomic mass is 10.1. The molecule has 2 aromatic heterocycles. The molecule has 0 spiro atoms. The van der Waals surface area contributed by atoms with Crippen molar-refractivity contribution in [3.63, 3.8) is 0 Å². The predicted octanol–water partition coefficient (Wildman–Crippen LogP) is 1.78. The van der Waals surface area contributed by atoms with Crippen LogP contribution in [0.15, 0.2) is 24.4 Å². The summed E-state index contributed by atoms with van der Waals surface area (Å²) in [5, 5.41) is 8.48. The lowest BCUT2D eigenvalue weighted by molar-refractivity contribution is -0.143. The minimum absolute atomic E-state index is 0.0112. The van der Waals surface area contributed by atoms with Gasteiger partial charge in [0.1, 0.15) is 17.4 Å². The van der Waals surface area contributed by atoms with Gasteiger partial charge in [-0.25, -0.2) is 19.6 Å². The van der Waals surface area contributed by atoms with Crippen molar-refractivity contribution in [3.8, 4) is 5.75 Å². The highest BCUT2D eigenvalue weighted by atomic mass is 16.6. The molecule has 0 radical (unpaired) electrons. The van der Waals surface area contributed by atoms with E-state index in [2.05, 4.69) is 35.9 Å². The molecule has 220 valence electrons. The largest absolute Gasteiger partial charge is 0.495 e. The molecule has 15 heteroatoms. The Morgan fingerprint density at radius 2 is 1.83 bits per heavy atom. The molecule has 0 bridgehead atoms. The number of nitrogens with one attached hydrogen (secondary N) is 3. The second kappa shape index (κ2) is 13.4. The van der Waals surface area contributed by atoms with Gasteiger partial charge in [-0.15, -0.1) is 0 Å². The number of ether oxygens (including phenoxy) is 3. The molecule has 0 fully saturated rings. The molecule has 0 saturated carbocycles. The zero-order valence-electron chi connectivity index (χ0n) is 23.6. The molecular formula is C26H35N9O6. The summed E-state index contributed by atoms with van der Waals surface area (Å²) in [4.78, 5) is 53.7. The van der Waals surface area contributed by atoms with Crippen molar-refractivity contribution in [2.45, 2.75) is 51.8 Å². The first-order chi connectivity index (χ1) is 19.4. The Morgan fingerprint density at radius 1 is 1.07 bits per heavy atom. The Labute approximate surface area is 236 Å². The van der Waals surface area contributed by atoms with Crippen molar-refractivity contribution in [2.75, 3.05) is 37.5 Å². The van der Waals surface area contributed by atoms with Crippen molar-refractivity contribution in [1.82, 2.24) is 30.6 Å². The summed E-state index contributed by atoms with van der Waals surface area (Å²) in [6.07, 6.45) is 1.60. The minimum atomic E-state index is -0.921. The van der Waals surface area contributed by atoms with Crippen LogP contribution in [0.25, 0.3) is 11.2 Å². The van der Waals surface area contributed by atoms with Gasteiger partial charge in [0.2, 0.25) is 5.95 Å². The molecule has 15 nitrogen and oxygen atoms in total. The number of nitrogens with two attached hydrogens (primary N) is 2. The smallest absolute Gasteiger partial charge is 0.407 e. The maximum Gasteiger partial charge on any atom is 0.407 e. The molecule has 1 atom stereocenters. The first-order valence-corrected chi connectivity index (χ1v) is 12.7. The summed E-state index contributed by atoms with van der Waals surface area (Å²) < 4.78 is 15.5. The molecule has 0 unspecified atom stereocenters. The fourth-order valence-corrected chi connectivity index (χ4v) is 3.68. The summed E-state index contributed by atoms with van der Waals surface area (Å²) >= 11 is 0. The number of hydrogen-bond acceptors (Lipinski definition) is 13. The summed E-state index contributed by atoms with van der Waals surface area (Å²) in [5.41, 5.74) is 12.9. The van der Waals surface area contributed by atoms with E-state index in [9.17, 15) is 14.4 Å². The minimum Gasteiger partial charge on any atom is -0.495 e. The van der Waals surface area contributed by atoms with Gasteiger partial charge in [-0.1, -0.05) is 0 Å². The maximum atomic E-state index is 13.0. The van der Waals surface area contributed by atoms with Crippen LogP contribution in [0.2, 0.25) is 0 Å². The number of anilines is 3. The lowest BCUT2D eigenvalue weighted by Gasteiger charge is -2.20. The number of methoxy groups -OCH3 is 2. The highest BCUT2D eigenvalue weighted by Crippen LogP contribution is 2.26. The Bertz CT molecular complexity index is 1410. The van der Waals surface area contributed by atoms with Crippen molar-refractivity contribution in [1.29, 1.82) is 0 Å². The van der Waals surface area contributed by atoms with E-state index in [1.54, 1.807) is 32.9 Å². The van der Waals surface area contributed by atoms with Gasteiger partial charge in [0.05, 0.1) is 38.3 Å². The predicted molar refractivity (Wildman–Crippen MR) is 151 cm³/mol. The third-order valence-corrected chi connectivity index (χ3v) is 5.55. The van der Waals surface area contributed by atoms with E-state index in [0.29, 0.717) is 29.1 Å². The van der Waals surface area contributed by atoms with Crippen LogP contribution in [0, 0.1) is 0 Å². The molecule has 0 aliphatic rings. The van der Waals surface area contributed by atoms with E-state index < -0.39 is 29.6 Å². The van der Waals surface area contributed by atoms with Crippen molar-refractivity contribution in [3.05, 3.63) is 35.7 Å². The van der Waals surface area contributed by atoms with E-state index in [0.717, 1.165) is 0 Å². The molecule has 2 amide bonds. The van der Waals surface area contributed by atoms with Gasteiger partial charge in [0, 0.05) is 12.1 Å². The zero-order valence-corrected chi connectivity index (χ0v) is 23.6. The quantitative estimate of drug-likeness (QED) is 0.164. The van der Waals surface area contributed by atoms with E-state index in [1.165, 1.54) is 26.5 Å². The molecule has 2 heterocycles. The van der Waals surface area contributed by atoms with E-state index in [-0.39, 0.29) is 42.5 Å². The number of fused-ring (bicyclic) bond motifs is 1. The molecule has 41 heavy (non-hydrogen) atoms. The normalized spacial score (nSPS) is 11.8. The van der Waals surface area contributed by atoms with Crippen molar-refractivity contribution >= 4 is 46.6 Å². The monoisotopic (exact) mass is 569 g/mol. The highest BCUT2D eigenvalue weighted by molar-refractivity contribution is 5.97. The van der Waals surface area contributed by atoms with Crippen LogP contribution in [-0.2, 0) is 20.8 Å². The average molecular weight is 570 g/mol. The second-order valence-electron chi connectivity index (χ2n) is 9.89. The van der Waals surface area contributed by atoms with Crippen LogP contribution in [-0.4, -0.2) is 70.3 Å². The number of alkyl carbamates (subject to hydrolysis) is 1.